The van der Waals surface area contributed by atoms with Crippen molar-refractivity contribution >= 4 is 87.5 Å². The number of ketones is 6. The van der Waals surface area contributed by atoms with Crippen molar-refractivity contribution in [3.05, 3.63) is 0 Å². The number of rotatable bonds is 39. The highest BCUT2D eigenvalue weighted by Gasteiger charge is 2.11. The van der Waals surface area contributed by atoms with Crippen LogP contribution in [0.5, 0.6) is 0 Å². The van der Waals surface area contributed by atoms with Gasteiger partial charge in [0, 0.05) is 42.9 Å². The zero-order chi connectivity index (χ0) is 51.5. The zero-order valence-corrected chi connectivity index (χ0v) is 47.2. The molecule has 0 heterocycles. The second-order valence-electron chi connectivity index (χ2n) is 18.4. The van der Waals surface area contributed by atoms with Crippen molar-refractivity contribution in [3.8, 4) is 0 Å². The number of nitrogens with two attached hydrogens (primary N) is 4. The molecular weight excluding hydrogens is 907 g/mol. The van der Waals surface area contributed by atoms with Crippen molar-refractivity contribution in [1.29, 1.82) is 5.41 Å². The van der Waals surface area contributed by atoms with E-state index in [9.17, 15) is 28.8 Å². The molecule has 15 heteroatoms. The lowest BCUT2D eigenvalue weighted by molar-refractivity contribution is -0.120. The summed E-state index contributed by atoms with van der Waals surface area (Å²) in [5.74, 6) is 4.92. The molecule has 0 amide bonds. The summed E-state index contributed by atoms with van der Waals surface area (Å²) in [5, 5.41) is 10.4. The molecule has 0 spiro atoms. The van der Waals surface area contributed by atoms with E-state index >= 15 is 0 Å². The molecule has 0 bridgehead atoms. The predicted octanol–water partition coefficient (Wildman–Crippen LogP) is 11.1. The first-order chi connectivity index (χ1) is 30.8. The Morgan fingerprint density at radius 1 is 0.364 bits per heavy atom. The van der Waals surface area contributed by atoms with Gasteiger partial charge in [-0.3, -0.25) is 28.8 Å². The number of carbonyl (C=O) groups is 6. The fourth-order valence-electron chi connectivity index (χ4n) is 5.61. The fraction of sp³-hybridized carbons (Fsp3) is 0.863. The maximum Gasteiger partial charge on any atom is 0.147 e. The van der Waals surface area contributed by atoms with E-state index in [1.54, 1.807) is 18.7 Å². The fourth-order valence-corrected chi connectivity index (χ4v) is 8.81. The topological polar surface area (TPSA) is 230 Å². The Labute approximate surface area is 422 Å². The molecular formula is C51H101N5O6S4. The Morgan fingerprint density at radius 3 is 1.00 bits per heavy atom. The van der Waals surface area contributed by atoms with Crippen LogP contribution in [0.3, 0.4) is 0 Å². The van der Waals surface area contributed by atoms with Crippen molar-refractivity contribution < 1.29 is 28.8 Å². The van der Waals surface area contributed by atoms with E-state index in [0.29, 0.717) is 58.2 Å². The molecule has 0 aliphatic rings. The molecule has 0 aliphatic carbocycles. The van der Waals surface area contributed by atoms with Crippen LogP contribution in [0.25, 0.3) is 0 Å². The molecule has 0 aromatic heterocycles. The van der Waals surface area contributed by atoms with E-state index in [4.69, 9.17) is 28.3 Å². The Hall–Kier alpha value is -1.07. The van der Waals surface area contributed by atoms with Crippen molar-refractivity contribution in [1.82, 2.24) is 0 Å². The third-order valence-corrected chi connectivity index (χ3v) is 14.8. The highest BCUT2D eigenvalue weighted by Crippen LogP contribution is 2.16. The Kier molecular flexibility index (Phi) is 53.0. The van der Waals surface area contributed by atoms with Crippen LogP contribution in [0.4, 0.5) is 0 Å². The van der Waals surface area contributed by atoms with Crippen molar-refractivity contribution in [2.24, 2.45) is 22.9 Å². The minimum atomic E-state index is -0.317. The van der Waals surface area contributed by atoms with Gasteiger partial charge in [0.2, 0.25) is 0 Å². The van der Waals surface area contributed by atoms with Crippen molar-refractivity contribution in [2.45, 2.75) is 257 Å². The van der Waals surface area contributed by atoms with Crippen molar-refractivity contribution in [3.63, 3.8) is 0 Å². The quantitative estimate of drug-likeness (QED) is 0.0285. The van der Waals surface area contributed by atoms with Gasteiger partial charge in [-0.1, -0.05) is 93.9 Å². The van der Waals surface area contributed by atoms with Gasteiger partial charge in [0.1, 0.15) is 34.7 Å². The highest BCUT2D eigenvalue weighted by molar-refractivity contribution is 8.00. The molecule has 66 heavy (non-hydrogen) atoms. The van der Waals surface area contributed by atoms with E-state index < -0.39 is 0 Å². The van der Waals surface area contributed by atoms with E-state index in [2.05, 4.69) is 55.4 Å². The third-order valence-electron chi connectivity index (χ3n) is 10.1. The van der Waals surface area contributed by atoms with Gasteiger partial charge in [-0.05, 0) is 124 Å². The molecule has 0 fully saturated rings. The Bertz CT molecular complexity index is 1220. The van der Waals surface area contributed by atoms with Gasteiger partial charge in [-0.25, -0.2) is 0 Å². The predicted molar refractivity (Wildman–Crippen MR) is 295 cm³/mol. The van der Waals surface area contributed by atoms with Crippen LogP contribution in [0.2, 0.25) is 0 Å². The van der Waals surface area contributed by atoms with Crippen LogP contribution in [0.1, 0.15) is 212 Å². The molecule has 0 aromatic carbocycles. The number of thioether (sulfide) groups is 4. The minimum Gasteiger partial charge on any atom is -0.322 e. The second-order valence-corrected chi connectivity index (χ2v) is 25.1. The number of nitrogens with one attached hydrogen (secondary N) is 1. The van der Waals surface area contributed by atoms with Gasteiger partial charge in [-0.2, -0.15) is 47.0 Å². The molecule has 4 atom stereocenters. The first-order valence-electron chi connectivity index (χ1n) is 24.9. The third kappa shape index (κ3) is 59.1. The molecule has 390 valence electrons. The van der Waals surface area contributed by atoms with E-state index in [-0.39, 0.29) is 47.3 Å². The number of Topliss-reactive ketones (excluding diaryl/α,β-unsaturated/α-hetero) is 6. The molecule has 11 nitrogen and oxygen atoms in total. The first kappa shape index (κ1) is 71.5. The van der Waals surface area contributed by atoms with Gasteiger partial charge >= 0.3 is 0 Å². The maximum atomic E-state index is 11.6. The summed E-state index contributed by atoms with van der Waals surface area (Å²) < 4.78 is 0. The second kappa shape index (κ2) is 48.9. The molecule has 0 saturated heterocycles. The number of unbranched alkanes of at least 4 members (excludes halogenated alkanes) is 6. The molecule has 0 aromatic rings. The molecule has 0 rings (SSSR count). The van der Waals surface area contributed by atoms with E-state index in [1.807, 2.05) is 35.3 Å². The smallest absolute Gasteiger partial charge is 0.147 e. The average molecular weight is 1010 g/mol. The van der Waals surface area contributed by atoms with E-state index in [1.165, 1.54) is 20.8 Å². The van der Waals surface area contributed by atoms with Crippen LogP contribution < -0.4 is 22.9 Å². The van der Waals surface area contributed by atoms with E-state index in [0.717, 1.165) is 131 Å². The van der Waals surface area contributed by atoms with Crippen molar-refractivity contribution in [2.75, 3.05) is 23.0 Å². The first-order valence-corrected chi connectivity index (χ1v) is 29.1. The Morgan fingerprint density at radius 2 is 0.652 bits per heavy atom. The molecule has 0 saturated carbocycles. The van der Waals surface area contributed by atoms with Gasteiger partial charge in [0.05, 0.1) is 24.2 Å². The lowest BCUT2D eigenvalue weighted by Crippen LogP contribution is -2.31. The standard InChI is InChI=1S/C15H30N2OS.C15H29NO2S.C14H27NO2S.C7H15NOS/c1-12(2)19-11-7-9-14(16)8-5-4-6-10-15(17)13(3)18;1-12(2)19-11-7-9-14(18)8-5-4-6-10-15(16)13(3)17;1-11(2)18-10-9-13(17)7-5-4-6-8-14(15)12(3)16;1-5(2)10-4-7(8)6(3)9/h12,15-16H,4-11,17H2,1-3H3;12,15H,4-11,16H2,1-3H3;11,14H,4-10,15H2,1-3H3;5,7H,4,8H2,1-3H3/t2*15-;14-;7-/m0000/s1. The lowest BCUT2D eigenvalue weighted by atomic mass is 10.0. The summed E-state index contributed by atoms with van der Waals surface area (Å²) >= 11 is 7.44. The van der Waals surface area contributed by atoms with Crippen LogP contribution in [-0.4, -0.2) is 109 Å². The highest BCUT2D eigenvalue weighted by atomic mass is 32.2. The monoisotopic (exact) mass is 1010 g/mol. The summed E-state index contributed by atoms with van der Waals surface area (Å²) in [7, 11) is 0. The summed E-state index contributed by atoms with van der Waals surface area (Å²) in [6.45, 7) is 23.4. The van der Waals surface area contributed by atoms with Gasteiger partial charge in [-0.15, -0.1) is 0 Å². The molecule has 0 unspecified atom stereocenters. The summed E-state index contributed by atoms with van der Waals surface area (Å²) in [4.78, 5) is 66.5. The van der Waals surface area contributed by atoms with Gasteiger partial charge in [0.15, 0.2) is 0 Å². The summed E-state index contributed by atoms with van der Waals surface area (Å²) in [5.41, 5.74) is 23.3. The molecule has 0 radical (unpaired) electrons. The number of hydrogen-bond acceptors (Lipinski definition) is 15. The summed E-state index contributed by atoms with van der Waals surface area (Å²) in [6.07, 6.45) is 17.8. The molecule has 9 N–H and O–H groups in total. The van der Waals surface area contributed by atoms with Gasteiger partial charge in [0.25, 0.3) is 0 Å². The van der Waals surface area contributed by atoms with Crippen LogP contribution in [0.15, 0.2) is 0 Å². The van der Waals surface area contributed by atoms with Crippen LogP contribution in [-0.2, 0) is 28.8 Å². The maximum absolute atomic E-state index is 11.6. The normalized spacial score (nSPS) is 12.8. The average Bonchev–Trinajstić information content (AvgIpc) is 3.22. The Balaban J connectivity index is -0.000000397. The summed E-state index contributed by atoms with van der Waals surface area (Å²) in [6, 6.07) is -1.19. The van der Waals surface area contributed by atoms with Crippen LogP contribution >= 0.6 is 47.0 Å². The molecule has 0 aliphatic heterocycles. The van der Waals surface area contributed by atoms with Gasteiger partial charge < -0.3 is 28.3 Å². The number of carbonyl (C=O) groups excluding carboxylic acids is 6. The largest absolute Gasteiger partial charge is 0.322 e. The van der Waals surface area contributed by atoms with Crippen LogP contribution in [0, 0.1) is 5.41 Å². The lowest BCUT2D eigenvalue weighted by Gasteiger charge is -2.08. The zero-order valence-electron chi connectivity index (χ0n) is 44.0. The SMILES string of the molecule is CC(=O)[C@@H](N)CCCCCC(=N)CCCSC(C)C.CC(=O)[C@@H](N)CCCCCC(=O)CCCSC(C)C.CC(=O)[C@@H](N)CCCCCC(=O)CCSC(C)C.CC(=O)[C@@H](N)CSC(C)C. The number of hydrogen-bond donors (Lipinski definition) is 5. The minimum absolute atomic E-state index is 0.0526.